The molecule has 170 valence electrons. The van der Waals surface area contributed by atoms with Crippen LogP contribution < -0.4 is 11.2 Å². The second-order valence-electron chi connectivity index (χ2n) is 11.1. The van der Waals surface area contributed by atoms with E-state index in [9.17, 15) is 14.7 Å². The molecule has 0 spiro atoms. The number of aliphatic hydroxyl groups is 1. The quantitative estimate of drug-likeness (QED) is 0.462. The molecule has 4 fully saturated rings. The monoisotopic (exact) mass is 429 g/mol. The van der Waals surface area contributed by atoms with Crippen LogP contribution in [0.4, 0.5) is 4.79 Å². The largest absolute Gasteiger partial charge is 0.458 e. The first-order valence-electron chi connectivity index (χ1n) is 11.9. The normalized spacial score (nSPS) is 47.8. The van der Waals surface area contributed by atoms with Crippen LogP contribution in [-0.4, -0.2) is 35.0 Å². The predicted molar refractivity (Wildman–Crippen MR) is 116 cm³/mol. The third-order valence-corrected chi connectivity index (χ3v) is 10.1. The molecule has 5 aliphatic rings. The molecule has 0 aromatic rings. The summed E-state index contributed by atoms with van der Waals surface area (Å²) in [4.78, 5) is 22.7. The Hall–Kier alpha value is -1.89. The Morgan fingerprint density at radius 2 is 2.00 bits per heavy atom. The molecule has 0 aromatic carbocycles. The number of hydrazone groups is 1. The van der Waals surface area contributed by atoms with Crippen molar-refractivity contribution in [3.05, 3.63) is 11.6 Å². The lowest BCUT2D eigenvalue weighted by atomic mass is 9.43. The van der Waals surface area contributed by atoms with Crippen molar-refractivity contribution in [3.8, 4) is 0 Å². The highest BCUT2D eigenvalue weighted by Gasteiger charge is 2.67. The fourth-order valence-electron chi connectivity index (χ4n) is 8.45. The maximum absolute atomic E-state index is 12.2. The van der Waals surface area contributed by atoms with E-state index in [0.717, 1.165) is 69.1 Å². The molecule has 0 unspecified atom stereocenters. The Morgan fingerprint density at radius 1 is 1.19 bits per heavy atom. The zero-order chi connectivity index (χ0) is 22.0. The number of hydrogen-bond donors (Lipinski definition) is 3. The summed E-state index contributed by atoms with van der Waals surface area (Å²) >= 11 is 0. The molecular formula is C24H35N3O4. The molecule has 0 saturated heterocycles. The Morgan fingerprint density at radius 3 is 2.71 bits per heavy atom. The zero-order valence-corrected chi connectivity index (χ0v) is 18.7. The number of nitrogens with two attached hydrogens (primary N) is 1. The van der Waals surface area contributed by atoms with Gasteiger partial charge in [-0.25, -0.2) is 15.0 Å². The van der Waals surface area contributed by atoms with Gasteiger partial charge in [-0.15, -0.1) is 0 Å². The van der Waals surface area contributed by atoms with Gasteiger partial charge in [-0.05, 0) is 92.4 Å². The summed E-state index contributed by atoms with van der Waals surface area (Å²) in [6.45, 7) is 5.09. The number of nitrogens with zero attached hydrogens (tertiary/aromatic N) is 1. The summed E-state index contributed by atoms with van der Waals surface area (Å²) in [6.07, 6.45) is 10.5. The van der Waals surface area contributed by atoms with E-state index in [1.165, 1.54) is 0 Å². The van der Waals surface area contributed by atoms with Crippen molar-refractivity contribution < 1.29 is 19.4 Å². The summed E-state index contributed by atoms with van der Waals surface area (Å²) in [5.74, 6) is 1.34. The predicted octanol–water partition coefficient (Wildman–Crippen LogP) is 3.27. The lowest BCUT2D eigenvalue weighted by Crippen LogP contribution is -2.62. The number of hydrogen-bond acceptors (Lipinski definition) is 5. The van der Waals surface area contributed by atoms with E-state index in [0.29, 0.717) is 24.4 Å². The first-order valence-corrected chi connectivity index (χ1v) is 11.9. The Bertz CT molecular complexity index is 869. The summed E-state index contributed by atoms with van der Waals surface area (Å²) in [5, 5.41) is 16.5. The van der Waals surface area contributed by atoms with Crippen molar-refractivity contribution in [1.82, 2.24) is 5.43 Å². The van der Waals surface area contributed by atoms with Crippen LogP contribution in [0.15, 0.2) is 16.8 Å². The van der Waals surface area contributed by atoms with E-state index in [1.807, 2.05) is 0 Å². The highest BCUT2D eigenvalue weighted by molar-refractivity contribution is 5.87. The standard InChI is InChI=1S/C24H35N3O4/c1-22-8-5-16(26-27-21(25)29)12-15(22)3-4-19-18(22)6-9-23(2)17(7-10-24(19,23)30)14-11-20(28)31-13-14/h11,15,17-19,30H,3-10,12-13H2,1-2H3,(H3,25,27,29)/b26-16+/t15-,17-,18+,19+,22+,23-,24+/m1/s1. The summed E-state index contributed by atoms with van der Waals surface area (Å²) in [6, 6.07) is -0.612. The Kier molecular flexibility index (Phi) is 4.78. The van der Waals surface area contributed by atoms with Crippen LogP contribution in [0.2, 0.25) is 0 Å². The van der Waals surface area contributed by atoms with E-state index >= 15 is 0 Å². The van der Waals surface area contributed by atoms with Gasteiger partial charge in [0, 0.05) is 17.2 Å². The van der Waals surface area contributed by atoms with E-state index in [1.54, 1.807) is 6.08 Å². The molecule has 7 heteroatoms. The molecule has 1 aliphatic heterocycles. The minimum absolute atomic E-state index is 0.190. The summed E-state index contributed by atoms with van der Waals surface area (Å²) < 4.78 is 5.22. The first kappa shape index (κ1) is 21.0. The van der Waals surface area contributed by atoms with E-state index in [4.69, 9.17) is 10.5 Å². The van der Waals surface area contributed by atoms with Gasteiger partial charge in [0.25, 0.3) is 0 Å². The summed E-state index contributed by atoms with van der Waals surface area (Å²) in [7, 11) is 0. The summed E-state index contributed by atoms with van der Waals surface area (Å²) in [5.41, 5.74) is 9.03. The Balaban J connectivity index is 1.39. The van der Waals surface area contributed by atoms with Crippen LogP contribution in [0.5, 0.6) is 0 Å². The van der Waals surface area contributed by atoms with Gasteiger partial charge in [0.15, 0.2) is 0 Å². The van der Waals surface area contributed by atoms with Crippen molar-refractivity contribution in [2.75, 3.05) is 6.61 Å². The van der Waals surface area contributed by atoms with Crippen molar-refractivity contribution in [2.24, 2.45) is 45.3 Å². The van der Waals surface area contributed by atoms with Crippen molar-refractivity contribution in [3.63, 3.8) is 0 Å². The van der Waals surface area contributed by atoms with Crippen LogP contribution in [0.25, 0.3) is 0 Å². The molecule has 31 heavy (non-hydrogen) atoms. The zero-order valence-electron chi connectivity index (χ0n) is 18.7. The molecule has 0 radical (unpaired) electrons. The molecule has 4 saturated carbocycles. The number of cyclic esters (lactones) is 1. The topological polar surface area (TPSA) is 114 Å². The lowest BCUT2D eigenvalue weighted by Gasteiger charge is -2.63. The number of carbonyl (C=O) groups excluding carboxylic acids is 2. The average Bonchev–Trinajstić information content (AvgIpc) is 3.26. The molecule has 4 aliphatic carbocycles. The SMILES string of the molecule is C[C@]12CC/C(=N\NC(N)=O)C[C@H]1CC[C@H]1[C@@H]2CC[C@]2(C)[C@@H](C3=CC(=O)OC3)CC[C@]12O. The fraction of sp³-hybridized carbons (Fsp3) is 0.792. The van der Waals surface area contributed by atoms with Crippen LogP contribution in [0.3, 0.4) is 0 Å². The van der Waals surface area contributed by atoms with Gasteiger partial charge in [0.05, 0.1) is 5.60 Å². The molecule has 7 atom stereocenters. The van der Waals surface area contributed by atoms with E-state index < -0.39 is 11.6 Å². The minimum Gasteiger partial charge on any atom is -0.458 e. The number of primary amides is 1. The third-order valence-electron chi connectivity index (χ3n) is 10.1. The maximum Gasteiger partial charge on any atom is 0.332 e. The van der Waals surface area contributed by atoms with Gasteiger partial charge < -0.3 is 15.6 Å². The van der Waals surface area contributed by atoms with Crippen molar-refractivity contribution in [2.45, 2.75) is 77.2 Å². The smallest absolute Gasteiger partial charge is 0.332 e. The number of rotatable bonds is 2. The molecule has 4 N–H and O–H groups in total. The van der Waals surface area contributed by atoms with Crippen LogP contribution >= 0.6 is 0 Å². The molecule has 2 amide bonds. The molecule has 1 heterocycles. The second kappa shape index (κ2) is 7.06. The van der Waals surface area contributed by atoms with Gasteiger partial charge in [-0.1, -0.05) is 13.8 Å². The fourth-order valence-corrected chi connectivity index (χ4v) is 8.45. The highest BCUT2D eigenvalue weighted by Crippen LogP contribution is 2.69. The number of amides is 2. The molecule has 5 rings (SSSR count). The van der Waals surface area contributed by atoms with E-state index in [2.05, 4.69) is 24.4 Å². The second-order valence-corrected chi connectivity index (χ2v) is 11.1. The minimum atomic E-state index is -0.678. The van der Waals surface area contributed by atoms with E-state index in [-0.39, 0.29) is 22.7 Å². The molecular weight excluding hydrogens is 394 g/mol. The number of nitrogens with one attached hydrogen (secondary N) is 1. The number of carbonyl (C=O) groups is 2. The average molecular weight is 430 g/mol. The number of fused-ring (bicyclic) bond motifs is 5. The molecule has 7 nitrogen and oxygen atoms in total. The van der Waals surface area contributed by atoms with Gasteiger partial charge >= 0.3 is 12.0 Å². The van der Waals surface area contributed by atoms with Gasteiger partial charge in [0.2, 0.25) is 0 Å². The van der Waals surface area contributed by atoms with Crippen molar-refractivity contribution >= 4 is 17.7 Å². The number of esters is 1. The van der Waals surface area contributed by atoms with Crippen LogP contribution in [0, 0.1) is 34.5 Å². The van der Waals surface area contributed by atoms with Gasteiger partial charge in [-0.2, -0.15) is 5.10 Å². The molecule has 0 aromatic heterocycles. The van der Waals surface area contributed by atoms with Crippen LogP contribution in [-0.2, 0) is 9.53 Å². The highest BCUT2D eigenvalue weighted by atomic mass is 16.5. The van der Waals surface area contributed by atoms with Crippen molar-refractivity contribution in [1.29, 1.82) is 0 Å². The van der Waals surface area contributed by atoms with Gasteiger partial charge in [-0.3, -0.25) is 0 Å². The third kappa shape index (κ3) is 2.99. The van der Waals surface area contributed by atoms with Gasteiger partial charge in [0.1, 0.15) is 6.61 Å². The first-order chi connectivity index (χ1) is 14.7. The molecule has 0 bridgehead atoms. The van der Waals surface area contributed by atoms with Crippen LogP contribution in [0.1, 0.15) is 71.6 Å². The Labute approximate surface area is 183 Å². The number of urea groups is 1. The lowest BCUT2D eigenvalue weighted by molar-refractivity contribution is -0.200. The number of ether oxygens (including phenoxy) is 1. The maximum atomic E-state index is 12.2.